The van der Waals surface area contributed by atoms with Crippen molar-refractivity contribution >= 4 is 5.91 Å². The Labute approximate surface area is 120 Å². The van der Waals surface area contributed by atoms with Gasteiger partial charge in [-0.1, -0.05) is 20.8 Å². The van der Waals surface area contributed by atoms with Crippen molar-refractivity contribution in [1.29, 1.82) is 0 Å². The Hall–Kier alpha value is -1.36. The van der Waals surface area contributed by atoms with E-state index in [1.165, 1.54) is 11.4 Å². The first kappa shape index (κ1) is 13.6. The van der Waals surface area contributed by atoms with Crippen LogP contribution in [0.4, 0.5) is 0 Å². The fourth-order valence-corrected chi connectivity index (χ4v) is 3.55. The lowest BCUT2D eigenvalue weighted by Gasteiger charge is -2.42. The van der Waals surface area contributed by atoms with Crippen LogP contribution in [0.25, 0.3) is 0 Å². The maximum absolute atomic E-state index is 12.4. The minimum absolute atomic E-state index is 0.0995. The predicted octanol–water partition coefficient (Wildman–Crippen LogP) is 0.393. The summed E-state index contributed by atoms with van der Waals surface area (Å²) < 4.78 is 0. The summed E-state index contributed by atoms with van der Waals surface area (Å²) >= 11 is 0. The van der Waals surface area contributed by atoms with Crippen LogP contribution < -0.4 is 5.32 Å². The molecule has 1 amide bonds. The van der Waals surface area contributed by atoms with Crippen LogP contribution in [-0.4, -0.2) is 40.4 Å². The Morgan fingerprint density at radius 1 is 1.40 bits per heavy atom. The molecule has 5 heteroatoms. The Kier molecular flexibility index (Phi) is 3.12. The summed E-state index contributed by atoms with van der Waals surface area (Å²) in [5.74, 6) is 0.269. The number of likely N-dealkylation sites (tertiary alicyclic amines) is 1. The van der Waals surface area contributed by atoms with Gasteiger partial charge in [-0.25, -0.2) is 4.98 Å². The molecule has 0 bridgehead atoms. The van der Waals surface area contributed by atoms with Gasteiger partial charge in [-0.2, -0.15) is 0 Å². The molecule has 0 aromatic carbocycles. The van der Waals surface area contributed by atoms with Gasteiger partial charge in [-0.05, 0) is 0 Å². The van der Waals surface area contributed by atoms with Crippen LogP contribution in [0.2, 0.25) is 0 Å². The van der Waals surface area contributed by atoms with Crippen LogP contribution in [0.5, 0.6) is 0 Å². The molecular weight excluding hydrogens is 252 g/mol. The largest absolute Gasteiger partial charge is 0.348 e. The second-order valence-corrected chi connectivity index (χ2v) is 7.17. The molecule has 0 radical (unpaired) electrons. The summed E-state index contributed by atoms with van der Waals surface area (Å²) in [4.78, 5) is 22.2. The predicted molar refractivity (Wildman–Crippen MR) is 76.0 cm³/mol. The fourth-order valence-electron chi connectivity index (χ4n) is 3.55. The number of amides is 1. The van der Waals surface area contributed by atoms with Crippen molar-refractivity contribution in [3.05, 3.63) is 17.7 Å². The molecule has 3 rings (SSSR count). The monoisotopic (exact) mass is 277 g/mol. The summed E-state index contributed by atoms with van der Waals surface area (Å²) in [5, 5.41) is 2.44. The number of hydrogen-bond acceptors (Lipinski definition) is 2. The molecule has 0 atom stereocenters. The molecular formula is C15H25N4O+. The second-order valence-electron chi connectivity index (χ2n) is 7.17. The van der Waals surface area contributed by atoms with E-state index in [0.29, 0.717) is 0 Å². The Bertz CT molecular complexity index is 506. The lowest BCUT2D eigenvalue weighted by Crippen LogP contribution is -2.97. The lowest BCUT2D eigenvalue weighted by atomic mass is 9.80. The van der Waals surface area contributed by atoms with E-state index in [-0.39, 0.29) is 16.9 Å². The van der Waals surface area contributed by atoms with E-state index in [2.05, 4.69) is 15.3 Å². The Morgan fingerprint density at radius 3 is 2.75 bits per heavy atom. The van der Waals surface area contributed by atoms with E-state index >= 15 is 0 Å². The van der Waals surface area contributed by atoms with Crippen molar-refractivity contribution in [3.63, 3.8) is 0 Å². The highest BCUT2D eigenvalue weighted by Gasteiger charge is 2.46. The number of aromatic nitrogens is 2. The van der Waals surface area contributed by atoms with E-state index in [1.54, 1.807) is 0 Å². The first-order valence-corrected chi connectivity index (χ1v) is 7.59. The number of fused-ring (bicyclic) bond motifs is 2. The summed E-state index contributed by atoms with van der Waals surface area (Å²) in [7, 11) is 0. The van der Waals surface area contributed by atoms with E-state index in [0.717, 1.165) is 38.9 Å². The number of imidazole rings is 1. The first-order chi connectivity index (χ1) is 9.42. The van der Waals surface area contributed by atoms with E-state index in [9.17, 15) is 4.79 Å². The van der Waals surface area contributed by atoms with Crippen molar-refractivity contribution in [3.8, 4) is 0 Å². The summed E-state index contributed by atoms with van der Waals surface area (Å²) in [6, 6.07) is 0. The van der Waals surface area contributed by atoms with Crippen LogP contribution >= 0.6 is 0 Å². The minimum atomic E-state index is -0.279. The summed E-state index contributed by atoms with van der Waals surface area (Å²) in [5.41, 5.74) is 2.34. The van der Waals surface area contributed by atoms with E-state index < -0.39 is 0 Å². The van der Waals surface area contributed by atoms with Crippen LogP contribution in [0.1, 0.15) is 45.0 Å². The first-order valence-electron chi connectivity index (χ1n) is 7.59. The van der Waals surface area contributed by atoms with Gasteiger partial charge in [0.2, 0.25) is 5.91 Å². The molecule has 2 aliphatic rings. The van der Waals surface area contributed by atoms with Gasteiger partial charge >= 0.3 is 0 Å². The molecule has 20 heavy (non-hydrogen) atoms. The highest BCUT2D eigenvalue weighted by Crippen LogP contribution is 2.33. The molecule has 0 aliphatic carbocycles. The van der Waals surface area contributed by atoms with Gasteiger partial charge in [0.1, 0.15) is 11.2 Å². The number of nitrogens with zero attached hydrogens (tertiary/aromatic N) is 2. The maximum atomic E-state index is 12.4. The maximum Gasteiger partial charge on any atom is 0.227 e. The third-order valence-corrected chi connectivity index (χ3v) is 4.70. The number of carbonyl (C=O) groups is 1. The van der Waals surface area contributed by atoms with Gasteiger partial charge in [0, 0.05) is 43.5 Å². The number of hydrogen-bond donors (Lipinski definition) is 2. The number of nitrogens with one attached hydrogen (secondary N) is 1. The van der Waals surface area contributed by atoms with Gasteiger partial charge in [-0.15, -0.1) is 0 Å². The van der Waals surface area contributed by atoms with Crippen LogP contribution in [-0.2, 0) is 16.8 Å². The molecule has 5 nitrogen and oxygen atoms in total. The van der Waals surface area contributed by atoms with Crippen LogP contribution in [0, 0.1) is 5.41 Å². The van der Waals surface area contributed by atoms with Gasteiger partial charge in [0.05, 0.1) is 12.9 Å². The number of piperidine rings is 1. The van der Waals surface area contributed by atoms with E-state index in [4.69, 9.17) is 0 Å². The Balaban J connectivity index is 1.76. The molecule has 1 spiro atoms. The van der Waals surface area contributed by atoms with Gasteiger partial charge in [-0.3, -0.25) is 4.79 Å². The molecule has 0 saturated carbocycles. The smallest absolute Gasteiger partial charge is 0.227 e. The van der Waals surface area contributed by atoms with Gasteiger partial charge in [0.15, 0.2) is 0 Å². The van der Waals surface area contributed by atoms with Gasteiger partial charge in [0.25, 0.3) is 0 Å². The molecule has 1 saturated heterocycles. The van der Waals surface area contributed by atoms with Crippen LogP contribution in [0.3, 0.4) is 0 Å². The average molecular weight is 277 g/mol. The van der Waals surface area contributed by atoms with Crippen molar-refractivity contribution < 1.29 is 10.1 Å². The highest BCUT2D eigenvalue weighted by atomic mass is 16.2. The SMILES string of the molecule is CC(C)(C)C(=O)N1CCC2(CC1)[NH2+]CCc1[nH]cnc12. The fraction of sp³-hybridized carbons (Fsp3) is 0.733. The summed E-state index contributed by atoms with van der Waals surface area (Å²) in [6.07, 6.45) is 4.90. The number of carbonyl (C=O) groups excluding carboxylic acids is 1. The van der Waals surface area contributed by atoms with Crippen molar-refractivity contribution in [2.45, 2.75) is 45.6 Å². The second kappa shape index (κ2) is 4.58. The standard InChI is InChI=1S/C15H24N4O/c1-14(2,3)13(20)19-8-5-15(6-9-19)12-11(4-7-18-15)16-10-17-12/h10,18H,4-9H2,1-3H3,(H,16,17)/p+1. The molecule has 1 aromatic rings. The third kappa shape index (κ3) is 2.14. The molecule has 2 aliphatic heterocycles. The van der Waals surface area contributed by atoms with Crippen molar-refractivity contribution in [2.75, 3.05) is 19.6 Å². The molecule has 0 unspecified atom stereocenters. The van der Waals surface area contributed by atoms with Gasteiger partial charge < -0.3 is 15.2 Å². The Morgan fingerprint density at radius 2 is 2.10 bits per heavy atom. The minimum Gasteiger partial charge on any atom is -0.348 e. The topological polar surface area (TPSA) is 65.6 Å². The average Bonchev–Trinajstić information content (AvgIpc) is 2.88. The third-order valence-electron chi connectivity index (χ3n) is 4.70. The zero-order valence-electron chi connectivity index (χ0n) is 12.7. The quantitative estimate of drug-likeness (QED) is 0.720. The highest BCUT2D eigenvalue weighted by molar-refractivity contribution is 5.81. The number of aromatic amines is 1. The zero-order chi connectivity index (χ0) is 14.4. The molecule has 3 heterocycles. The van der Waals surface area contributed by atoms with E-state index in [1.807, 2.05) is 32.0 Å². The number of quaternary nitrogens is 1. The van der Waals surface area contributed by atoms with Crippen molar-refractivity contribution in [2.24, 2.45) is 5.41 Å². The lowest BCUT2D eigenvalue weighted by molar-refractivity contribution is -0.744. The van der Waals surface area contributed by atoms with Crippen molar-refractivity contribution in [1.82, 2.24) is 14.9 Å². The van der Waals surface area contributed by atoms with Crippen LogP contribution in [0.15, 0.2) is 6.33 Å². The zero-order valence-corrected chi connectivity index (χ0v) is 12.7. The number of nitrogens with two attached hydrogens (primary N) is 1. The molecule has 1 aromatic heterocycles. The number of rotatable bonds is 0. The molecule has 3 N–H and O–H groups in total. The molecule has 110 valence electrons. The summed E-state index contributed by atoms with van der Waals surface area (Å²) in [6.45, 7) is 8.80. The normalized spacial score (nSPS) is 21.9. The number of H-pyrrole nitrogens is 1. The molecule has 1 fully saturated rings.